The number of amides is 2. The Bertz CT molecular complexity index is 477. The molecule has 0 unspecified atom stereocenters. The molecule has 21 heavy (non-hydrogen) atoms. The summed E-state index contributed by atoms with van der Waals surface area (Å²) in [4.78, 5) is 26.5. The van der Waals surface area contributed by atoms with Crippen molar-refractivity contribution in [3.8, 4) is 0 Å². The third kappa shape index (κ3) is 4.48. The third-order valence-corrected chi connectivity index (χ3v) is 3.57. The number of benzene rings is 1. The van der Waals surface area contributed by atoms with E-state index >= 15 is 0 Å². The summed E-state index contributed by atoms with van der Waals surface area (Å²) < 4.78 is 0. The molecule has 0 radical (unpaired) electrons. The minimum atomic E-state index is 0.0531. The van der Waals surface area contributed by atoms with Crippen LogP contribution in [0.3, 0.4) is 0 Å². The van der Waals surface area contributed by atoms with Gasteiger partial charge in [0, 0.05) is 44.0 Å². The summed E-state index contributed by atoms with van der Waals surface area (Å²) in [5.74, 6) is 0.413. The predicted octanol–water partition coefficient (Wildman–Crippen LogP) is 1.95. The summed E-state index contributed by atoms with van der Waals surface area (Å²) in [6, 6.07) is 7.89. The smallest absolute Gasteiger partial charge is 0.224 e. The van der Waals surface area contributed by atoms with E-state index in [4.69, 9.17) is 0 Å². The lowest BCUT2D eigenvalue weighted by molar-refractivity contribution is -0.118. The molecule has 1 aromatic rings. The van der Waals surface area contributed by atoms with E-state index in [1.165, 1.54) is 0 Å². The first-order valence-electron chi connectivity index (χ1n) is 7.42. The van der Waals surface area contributed by atoms with Crippen molar-refractivity contribution in [2.45, 2.75) is 20.3 Å². The maximum atomic E-state index is 11.7. The summed E-state index contributed by atoms with van der Waals surface area (Å²) in [5, 5.41) is 2.91. The number of nitrogens with zero attached hydrogens (tertiary/aromatic N) is 2. The summed E-state index contributed by atoms with van der Waals surface area (Å²) >= 11 is 0. The molecule has 0 saturated carbocycles. The van der Waals surface area contributed by atoms with Crippen LogP contribution < -0.4 is 10.2 Å². The van der Waals surface area contributed by atoms with Crippen LogP contribution in [-0.4, -0.2) is 43.4 Å². The summed E-state index contributed by atoms with van der Waals surface area (Å²) in [6.07, 6.45) is 1.44. The quantitative estimate of drug-likeness (QED) is 0.843. The molecule has 1 aliphatic heterocycles. The number of carbonyl (C=O) groups is 2. The van der Waals surface area contributed by atoms with Gasteiger partial charge in [-0.25, -0.2) is 0 Å². The Hall–Kier alpha value is -2.04. The molecule has 1 N–H and O–H groups in total. The minimum Gasteiger partial charge on any atom is -0.368 e. The number of nitrogens with one attached hydrogen (secondary N) is 1. The van der Waals surface area contributed by atoms with Crippen LogP contribution in [0.1, 0.15) is 20.3 Å². The van der Waals surface area contributed by atoms with Gasteiger partial charge in [-0.3, -0.25) is 9.59 Å². The lowest BCUT2D eigenvalue weighted by atomic mass is 10.1. The highest BCUT2D eigenvalue weighted by Gasteiger charge is 2.15. The number of rotatable bonds is 5. The summed E-state index contributed by atoms with van der Waals surface area (Å²) in [7, 11) is 0. The first-order chi connectivity index (χ1) is 10.1. The number of piperazine rings is 1. The molecule has 1 heterocycles. The van der Waals surface area contributed by atoms with Gasteiger partial charge in [0.1, 0.15) is 0 Å². The molecule has 5 nitrogen and oxygen atoms in total. The van der Waals surface area contributed by atoms with E-state index < -0.39 is 0 Å². The van der Waals surface area contributed by atoms with Crippen molar-refractivity contribution in [1.29, 1.82) is 0 Å². The van der Waals surface area contributed by atoms with Gasteiger partial charge in [-0.15, -0.1) is 0 Å². The first-order valence-corrected chi connectivity index (χ1v) is 7.42. The fraction of sp³-hybridized carbons (Fsp3) is 0.500. The average Bonchev–Trinajstić information content (AvgIpc) is 2.47. The molecule has 1 aromatic carbocycles. The van der Waals surface area contributed by atoms with Crippen LogP contribution in [0.15, 0.2) is 24.3 Å². The molecule has 0 aromatic heterocycles. The molecule has 114 valence electrons. The number of anilines is 2. The second kappa shape index (κ2) is 7.11. The lowest BCUT2D eigenvalue weighted by Crippen LogP contribution is -2.45. The van der Waals surface area contributed by atoms with Gasteiger partial charge in [0.2, 0.25) is 12.3 Å². The Balaban J connectivity index is 1.90. The van der Waals surface area contributed by atoms with Crippen LogP contribution in [0.25, 0.3) is 0 Å². The predicted molar refractivity (Wildman–Crippen MR) is 84.4 cm³/mol. The number of carbonyl (C=O) groups excluding carboxylic acids is 2. The first kappa shape index (κ1) is 15.4. The summed E-state index contributed by atoms with van der Waals surface area (Å²) in [6.45, 7) is 7.27. The number of hydrogen-bond acceptors (Lipinski definition) is 3. The highest BCUT2D eigenvalue weighted by atomic mass is 16.1. The molecule has 2 amide bonds. The number of hydrogen-bond donors (Lipinski definition) is 1. The van der Waals surface area contributed by atoms with Gasteiger partial charge in [0.25, 0.3) is 0 Å². The highest BCUT2D eigenvalue weighted by molar-refractivity contribution is 5.91. The van der Waals surface area contributed by atoms with Crippen molar-refractivity contribution >= 4 is 23.7 Å². The van der Waals surface area contributed by atoms with E-state index in [9.17, 15) is 9.59 Å². The van der Waals surface area contributed by atoms with Crippen molar-refractivity contribution in [3.63, 3.8) is 0 Å². The third-order valence-electron chi connectivity index (χ3n) is 3.57. The van der Waals surface area contributed by atoms with Crippen molar-refractivity contribution < 1.29 is 9.59 Å². The zero-order valence-electron chi connectivity index (χ0n) is 12.7. The maximum absolute atomic E-state index is 11.7. The van der Waals surface area contributed by atoms with Crippen molar-refractivity contribution in [1.82, 2.24) is 4.90 Å². The molecule has 0 bridgehead atoms. The zero-order chi connectivity index (χ0) is 15.2. The maximum Gasteiger partial charge on any atom is 0.224 e. The van der Waals surface area contributed by atoms with Crippen molar-refractivity contribution in [2.75, 3.05) is 36.4 Å². The molecule has 0 aliphatic carbocycles. The lowest BCUT2D eigenvalue weighted by Gasteiger charge is -2.34. The Kier molecular flexibility index (Phi) is 5.20. The van der Waals surface area contributed by atoms with Crippen molar-refractivity contribution in [3.05, 3.63) is 24.3 Å². The van der Waals surface area contributed by atoms with Crippen LogP contribution >= 0.6 is 0 Å². The zero-order valence-corrected chi connectivity index (χ0v) is 12.7. The Morgan fingerprint density at radius 1 is 1.19 bits per heavy atom. The standard InChI is InChI=1S/C16H23N3O2/c1-13(2)11-16(21)17-14-3-5-15(6-4-14)19-9-7-18(12-20)8-10-19/h3-6,12-13H,7-11H2,1-2H3,(H,17,21). The largest absolute Gasteiger partial charge is 0.368 e. The highest BCUT2D eigenvalue weighted by Crippen LogP contribution is 2.19. The van der Waals surface area contributed by atoms with Gasteiger partial charge in [-0.05, 0) is 30.2 Å². The molecule has 1 fully saturated rings. The van der Waals surface area contributed by atoms with Crippen molar-refractivity contribution in [2.24, 2.45) is 5.92 Å². The monoisotopic (exact) mass is 289 g/mol. The van der Waals surface area contributed by atoms with Crippen LogP contribution in [0.2, 0.25) is 0 Å². The molecule has 5 heteroatoms. The minimum absolute atomic E-state index is 0.0531. The van der Waals surface area contributed by atoms with E-state index in [0.717, 1.165) is 44.0 Å². The fourth-order valence-corrected chi connectivity index (χ4v) is 2.42. The van der Waals surface area contributed by atoms with Gasteiger partial charge >= 0.3 is 0 Å². The Morgan fingerprint density at radius 3 is 2.33 bits per heavy atom. The van der Waals surface area contributed by atoms with E-state index in [1.54, 1.807) is 4.90 Å². The molecule has 1 aliphatic rings. The normalized spacial score (nSPS) is 15.2. The summed E-state index contributed by atoms with van der Waals surface area (Å²) in [5.41, 5.74) is 1.96. The van der Waals surface area contributed by atoms with Crippen LogP contribution in [0, 0.1) is 5.92 Å². The average molecular weight is 289 g/mol. The molecular weight excluding hydrogens is 266 g/mol. The van der Waals surface area contributed by atoms with Crippen LogP contribution in [0.4, 0.5) is 11.4 Å². The second-order valence-electron chi connectivity index (χ2n) is 5.82. The van der Waals surface area contributed by atoms with E-state index in [2.05, 4.69) is 10.2 Å². The molecular formula is C16H23N3O2. The molecule has 0 spiro atoms. The van der Waals surface area contributed by atoms with Gasteiger partial charge in [-0.1, -0.05) is 13.8 Å². The molecule has 1 saturated heterocycles. The van der Waals surface area contributed by atoms with Gasteiger partial charge in [0.05, 0.1) is 0 Å². The van der Waals surface area contributed by atoms with Crippen LogP contribution in [0.5, 0.6) is 0 Å². The van der Waals surface area contributed by atoms with Gasteiger partial charge < -0.3 is 15.1 Å². The SMILES string of the molecule is CC(C)CC(=O)Nc1ccc(N2CCN(C=O)CC2)cc1. The topological polar surface area (TPSA) is 52.7 Å². The second-order valence-corrected chi connectivity index (χ2v) is 5.82. The van der Waals surface area contributed by atoms with E-state index in [-0.39, 0.29) is 5.91 Å². The molecule has 2 rings (SSSR count). The van der Waals surface area contributed by atoms with Gasteiger partial charge in [0.15, 0.2) is 0 Å². The van der Waals surface area contributed by atoms with E-state index in [0.29, 0.717) is 12.3 Å². The fourth-order valence-electron chi connectivity index (χ4n) is 2.42. The van der Waals surface area contributed by atoms with E-state index in [1.807, 2.05) is 38.1 Å². The Labute approximate surface area is 125 Å². The van der Waals surface area contributed by atoms with Crippen LogP contribution in [-0.2, 0) is 9.59 Å². The van der Waals surface area contributed by atoms with Gasteiger partial charge in [-0.2, -0.15) is 0 Å². The molecule has 0 atom stereocenters. The Morgan fingerprint density at radius 2 is 1.81 bits per heavy atom.